The average molecular weight is 683 g/mol. The highest BCUT2D eigenvalue weighted by molar-refractivity contribution is 5.82. The highest BCUT2D eigenvalue weighted by atomic mass is 15.1. The Balaban J connectivity index is 1.05. The standard InChI is InChI=1S/C51H42N2/c52-35-50-46-15-7-9-17-48(46)51(49-18-10-8-16-47(49)50)42-21-19-38(20-22-42)41-27-33-45(34-28-41)53(43-29-23-39(24-30-43)36-11-3-1-4-12-36)44-31-25-40(26-32-44)37-13-5-2-6-14-37/h1-6,11-14,19-34H,7-10,15-18H2. The molecule has 0 aliphatic heterocycles. The normalized spacial score (nSPS) is 13.4. The van der Waals surface area contributed by atoms with Gasteiger partial charge in [-0.1, -0.05) is 121 Å². The van der Waals surface area contributed by atoms with Crippen LogP contribution in [0.4, 0.5) is 17.1 Å². The number of hydrogen-bond acceptors (Lipinski definition) is 2. The Kier molecular flexibility index (Phi) is 8.92. The molecule has 7 aromatic carbocycles. The lowest BCUT2D eigenvalue weighted by Gasteiger charge is -2.29. The van der Waals surface area contributed by atoms with E-state index in [-0.39, 0.29) is 0 Å². The SMILES string of the molecule is N#Cc1c2c(c(-c3ccc(-c4ccc(N(c5ccc(-c6ccccc6)cc5)c5ccc(-c6ccccc6)cc5)cc4)cc3)c3c1CCCC3)CCCC2. The molecule has 2 aliphatic rings. The van der Waals surface area contributed by atoms with Crippen LogP contribution in [0.15, 0.2) is 158 Å². The molecule has 256 valence electrons. The van der Waals surface area contributed by atoms with Crippen molar-refractivity contribution in [3.8, 4) is 50.6 Å². The van der Waals surface area contributed by atoms with Crippen LogP contribution in [0.1, 0.15) is 53.5 Å². The van der Waals surface area contributed by atoms with Crippen molar-refractivity contribution in [2.45, 2.75) is 51.4 Å². The first-order chi connectivity index (χ1) is 26.2. The first-order valence-electron chi connectivity index (χ1n) is 19.2. The van der Waals surface area contributed by atoms with Gasteiger partial charge in [0.2, 0.25) is 0 Å². The highest BCUT2D eigenvalue weighted by Gasteiger charge is 2.27. The van der Waals surface area contributed by atoms with Crippen LogP contribution in [-0.4, -0.2) is 0 Å². The van der Waals surface area contributed by atoms with E-state index in [1.165, 1.54) is 92.4 Å². The van der Waals surface area contributed by atoms with Gasteiger partial charge in [-0.2, -0.15) is 5.26 Å². The Morgan fingerprint density at radius 2 is 0.642 bits per heavy atom. The molecule has 0 heterocycles. The van der Waals surface area contributed by atoms with Gasteiger partial charge in [-0.15, -0.1) is 0 Å². The van der Waals surface area contributed by atoms with Crippen LogP contribution < -0.4 is 4.90 Å². The number of fused-ring (bicyclic) bond motifs is 2. The summed E-state index contributed by atoms with van der Waals surface area (Å²) < 4.78 is 0. The van der Waals surface area contributed by atoms with Crippen molar-refractivity contribution >= 4 is 17.1 Å². The predicted molar refractivity (Wildman–Crippen MR) is 221 cm³/mol. The van der Waals surface area contributed by atoms with Gasteiger partial charge in [0.1, 0.15) is 0 Å². The summed E-state index contributed by atoms with van der Waals surface area (Å²) in [6, 6.07) is 59.7. The van der Waals surface area contributed by atoms with Gasteiger partial charge in [0, 0.05) is 17.1 Å². The van der Waals surface area contributed by atoms with Crippen LogP contribution in [0, 0.1) is 11.3 Å². The zero-order chi connectivity index (χ0) is 35.6. The fourth-order valence-corrected chi connectivity index (χ4v) is 8.71. The van der Waals surface area contributed by atoms with Crippen LogP contribution in [0.2, 0.25) is 0 Å². The van der Waals surface area contributed by atoms with E-state index in [9.17, 15) is 5.26 Å². The third-order valence-corrected chi connectivity index (χ3v) is 11.4. The van der Waals surface area contributed by atoms with Gasteiger partial charge in [-0.25, -0.2) is 0 Å². The molecule has 0 unspecified atom stereocenters. The summed E-state index contributed by atoms with van der Waals surface area (Å²) in [5, 5.41) is 10.2. The third-order valence-electron chi connectivity index (χ3n) is 11.4. The third kappa shape index (κ3) is 6.34. The average Bonchev–Trinajstić information content (AvgIpc) is 3.24. The molecule has 0 saturated carbocycles. The fourth-order valence-electron chi connectivity index (χ4n) is 8.71. The maximum absolute atomic E-state index is 10.2. The van der Waals surface area contributed by atoms with Gasteiger partial charge in [0.25, 0.3) is 0 Å². The quantitative estimate of drug-likeness (QED) is 0.167. The molecule has 53 heavy (non-hydrogen) atoms. The van der Waals surface area contributed by atoms with Crippen LogP contribution in [0.5, 0.6) is 0 Å². The molecule has 9 rings (SSSR count). The van der Waals surface area contributed by atoms with E-state index in [2.05, 4.69) is 169 Å². The molecular formula is C51H42N2. The summed E-state index contributed by atoms with van der Waals surface area (Å²) in [5.74, 6) is 0. The second kappa shape index (κ2) is 14.5. The van der Waals surface area contributed by atoms with Crippen molar-refractivity contribution in [2.24, 2.45) is 0 Å². The Bertz CT molecular complexity index is 2280. The lowest BCUT2D eigenvalue weighted by Crippen LogP contribution is -2.16. The number of nitriles is 1. The maximum atomic E-state index is 10.2. The van der Waals surface area contributed by atoms with Crippen molar-refractivity contribution < 1.29 is 0 Å². The molecule has 0 N–H and O–H groups in total. The Morgan fingerprint density at radius 1 is 0.340 bits per heavy atom. The van der Waals surface area contributed by atoms with Crippen LogP contribution in [0.3, 0.4) is 0 Å². The van der Waals surface area contributed by atoms with Crippen molar-refractivity contribution in [1.29, 1.82) is 5.26 Å². The van der Waals surface area contributed by atoms with Crippen molar-refractivity contribution in [3.05, 3.63) is 186 Å². The minimum absolute atomic E-state index is 1.00. The molecule has 7 aromatic rings. The summed E-state index contributed by atoms with van der Waals surface area (Å²) in [6.45, 7) is 0. The largest absolute Gasteiger partial charge is 0.311 e. The van der Waals surface area contributed by atoms with Gasteiger partial charge in [0.15, 0.2) is 0 Å². The topological polar surface area (TPSA) is 27.0 Å². The molecule has 0 fully saturated rings. The molecule has 0 saturated heterocycles. The summed E-state index contributed by atoms with van der Waals surface area (Å²) in [7, 11) is 0. The van der Waals surface area contributed by atoms with Gasteiger partial charge in [-0.3, -0.25) is 0 Å². The first kappa shape index (κ1) is 32.7. The van der Waals surface area contributed by atoms with Crippen LogP contribution >= 0.6 is 0 Å². The molecule has 2 heteroatoms. The molecule has 2 aliphatic carbocycles. The van der Waals surface area contributed by atoms with E-state index in [1.54, 1.807) is 0 Å². The smallest absolute Gasteiger partial charge is 0.0997 e. The molecule has 0 amide bonds. The monoisotopic (exact) mass is 682 g/mol. The van der Waals surface area contributed by atoms with E-state index < -0.39 is 0 Å². The molecule has 0 atom stereocenters. The zero-order valence-corrected chi connectivity index (χ0v) is 30.1. The summed E-state index contributed by atoms with van der Waals surface area (Å²) in [6.07, 6.45) is 9.02. The minimum Gasteiger partial charge on any atom is -0.311 e. The first-order valence-corrected chi connectivity index (χ1v) is 19.2. The second-order valence-corrected chi connectivity index (χ2v) is 14.5. The molecule has 0 aromatic heterocycles. The summed E-state index contributed by atoms with van der Waals surface area (Å²) in [4.78, 5) is 2.34. The van der Waals surface area contributed by atoms with E-state index in [0.29, 0.717) is 0 Å². The zero-order valence-electron chi connectivity index (χ0n) is 30.1. The van der Waals surface area contributed by atoms with E-state index in [1.807, 2.05) is 0 Å². The molecule has 0 spiro atoms. The Morgan fingerprint density at radius 3 is 1.00 bits per heavy atom. The minimum atomic E-state index is 1.00. The highest BCUT2D eigenvalue weighted by Crippen LogP contribution is 2.43. The van der Waals surface area contributed by atoms with Crippen molar-refractivity contribution in [1.82, 2.24) is 0 Å². The van der Waals surface area contributed by atoms with Crippen LogP contribution in [-0.2, 0) is 25.7 Å². The molecule has 2 nitrogen and oxygen atoms in total. The Hall–Kier alpha value is -6.17. The molecule has 0 radical (unpaired) electrons. The van der Waals surface area contributed by atoms with Gasteiger partial charge in [-0.05, 0) is 155 Å². The van der Waals surface area contributed by atoms with Crippen LogP contribution in [0.25, 0.3) is 44.5 Å². The number of anilines is 3. The molecular weight excluding hydrogens is 641 g/mol. The predicted octanol–water partition coefficient (Wildman–Crippen LogP) is 13.5. The number of rotatable bonds is 7. The number of hydrogen-bond donors (Lipinski definition) is 0. The maximum Gasteiger partial charge on any atom is 0.0997 e. The van der Waals surface area contributed by atoms with E-state index in [0.717, 1.165) is 48.3 Å². The van der Waals surface area contributed by atoms with E-state index in [4.69, 9.17) is 0 Å². The summed E-state index contributed by atoms with van der Waals surface area (Å²) in [5.41, 5.74) is 19.9. The van der Waals surface area contributed by atoms with Crippen molar-refractivity contribution in [3.63, 3.8) is 0 Å². The number of nitrogens with zero attached hydrogens (tertiary/aromatic N) is 2. The lowest BCUT2D eigenvalue weighted by atomic mass is 9.74. The van der Waals surface area contributed by atoms with Gasteiger partial charge >= 0.3 is 0 Å². The van der Waals surface area contributed by atoms with Gasteiger partial charge in [0.05, 0.1) is 11.6 Å². The summed E-state index contributed by atoms with van der Waals surface area (Å²) >= 11 is 0. The van der Waals surface area contributed by atoms with Gasteiger partial charge < -0.3 is 4.90 Å². The molecule has 0 bridgehead atoms. The lowest BCUT2D eigenvalue weighted by molar-refractivity contribution is 0.658. The Labute approximate surface area is 313 Å². The number of benzene rings is 7. The fraction of sp³-hybridized carbons (Fsp3) is 0.157. The van der Waals surface area contributed by atoms with Crippen molar-refractivity contribution in [2.75, 3.05) is 4.90 Å². The van der Waals surface area contributed by atoms with E-state index >= 15 is 0 Å². The second-order valence-electron chi connectivity index (χ2n) is 14.5.